The lowest BCUT2D eigenvalue weighted by Gasteiger charge is -2.39. The highest BCUT2D eigenvalue weighted by atomic mass is 19.4. The van der Waals surface area contributed by atoms with E-state index in [9.17, 15) is 22.8 Å². The lowest BCUT2D eigenvalue weighted by molar-refractivity contribution is -0.137. The summed E-state index contributed by atoms with van der Waals surface area (Å²) < 4.78 is 45.8. The number of nitrogens with one attached hydrogen (secondary N) is 3. The second kappa shape index (κ2) is 8.46. The molecule has 0 atom stereocenters. The van der Waals surface area contributed by atoms with E-state index in [0.717, 1.165) is 17.7 Å². The van der Waals surface area contributed by atoms with Gasteiger partial charge in [-0.15, -0.1) is 0 Å². The molecule has 4 rings (SSSR count). The van der Waals surface area contributed by atoms with Gasteiger partial charge in [-0.3, -0.25) is 4.79 Å². The minimum absolute atomic E-state index is 0.128. The van der Waals surface area contributed by atoms with E-state index >= 15 is 0 Å². The number of halogens is 3. The molecule has 0 fully saturated rings. The first-order valence-electron chi connectivity index (χ1n) is 10.7. The van der Waals surface area contributed by atoms with Gasteiger partial charge in [0.25, 0.3) is 0 Å². The molecule has 0 aliphatic carbocycles. The van der Waals surface area contributed by atoms with Crippen molar-refractivity contribution in [2.24, 2.45) is 0 Å². The summed E-state index contributed by atoms with van der Waals surface area (Å²) in [5.74, 6) is -0.285. The number of amides is 3. The fraction of sp³-hybridized carbons (Fsp3) is 0.333. The normalized spacial score (nSPS) is 17.8. The maximum atomic E-state index is 13.3. The number of alkyl halides is 3. The zero-order chi connectivity index (χ0) is 23.8. The number of anilines is 2. The van der Waals surface area contributed by atoms with E-state index in [1.165, 1.54) is 12.1 Å². The van der Waals surface area contributed by atoms with Crippen LogP contribution in [0.25, 0.3) is 5.57 Å². The fourth-order valence-corrected chi connectivity index (χ4v) is 4.21. The Labute approximate surface area is 189 Å². The molecule has 6 nitrogen and oxygen atoms in total. The van der Waals surface area contributed by atoms with E-state index in [1.807, 2.05) is 13.8 Å². The molecule has 2 aliphatic heterocycles. The molecule has 0 saturated heterocycles. The van der Waals surface area contributed by atoms with Crippen molar-refractivity contribution in [2.45, 2.75) is 51.4 Å². The van der Waals surface area contributed by atoms with E-state index in [4.69, 9.17) is 4.74 Å². The van der Waals surface area contributed by atoms with Crippen LogP contribution in [0.15, 0.2) is 42.5 Å². The lowest BCUT2D eigenvalue weighted by Crippen LogP contribution is -2.38. The highest BCUT2D eigenvalue weighted by Gasteiger charge is 2.38. The van der Waals surface area contributed by atoms with Crippen molar-refractivity contribution in [1.29, 1.82) is 0 Å². The Bertz CT molecular complexity index is 1140. The van der Waals surface area contributed by atoms with Crippen LogP contribution >= 0.6 is 0 Å². The molecule has 0 radical (unpaired) electrons. The van der Waals surface area contributed by atoms with Crippen molar-refractivity contribution in [3.63, 3.8) is 0 Å². The molecule has 174 valence electrons. The zero-order valence-corrected chi connectivity index (χ0v) is 18.2. The highest BCUT2D eigenvalue weighted by Crippen LogP contribution is 2.45. The molecule has 3 N–H and O–H groups in total. The number of ether oxygens (including phenoxy) is 1. The van der Waals surface area contributed by atoms with Gasteiger partial charge in [0.05, 0.1) is 5.56 Å². The number of benzene rings is 2. The average molecular weight is 459 g/mol. The molecule has 2 aliphatic rings. The van der Waals surface area contributed by atoms with Crippen molar-refractivity contribution in [2.75, 3.05) is 10.6 Å². The summed E-state index contributed by atoms with van der Waals surface area (Å²) in [6, 6.07) is 8.23. The summed E-state index contributed by atoms with van der Waals surface area (Å²) in [5, 5.41) is 8.19. The second-order valence-electron chi connectivity index (χ2n) is 8.18. The van der Waals surface area contributed by atoms with Gasteiger partial charge in [-0.2, -0.15) is 13.2 Å². The molecule has 2 heterocycles. The highest BCUT2D eigenvalue weighted by molar-refractivity contribution is 6.06. The molecule has 3 amide bonds. The van der Waals surface area contributed by atoms with Crippen molar-refractivity contribution in [3.05, 3.63) is 59.2 Å². The molecule has 9 heteroatoms. The Morgan fingerprint density at radius 3 is 2.67 bits per heavy atom. The van der Waals surface area contributed by atoms with Gasteiger partial charge in [0.2, 0.25) is 5.91 Å². The van der Waals surface area contributed by atoms with E-state index in [-0.39, 0.29) is 18.3 Å². The van der Waals surface area contributed by atoms with Crippen molar-refractivity contribution in [1.82, 2.24) is 5.32 Å². The van der Waals surface area contributed by atoms with E-state index in [0.29, 0.717) is 41.8 Å². The molecule has 2 aromatic rings. The largest absolute Gasteiger partial charge is 0.486 e. The standard InChI is InChI=1S/C24H24F3N3O3/c1-3-23(4-2)12-14(16-9-8-15(24(25,26)27)11-20(16)33-23)10-21(31)29-18-6-5-7-19-17(18)13-28-22(32)30-19/h5-11H,3-4,12-13H2,1-2H3,(H,29,31)(H2,28,30,32). The topological polar surface area (TPSA) is 79.5 Å². The van der Waals surface area contributed by atoms with Gasteiger partial charge < -0.3 is 20.7 Å². The molecular weight excluding hydrogens is 435 g/mol. The van der Waals surface area contributed by atoms with Crippen LogP contribution in [0, 0.1) is 0 Å². The van der Waals surface area contributed by atoms with Crippen LogP contribution in [0.4, 0.5) is 29.3 Å². The molecule has 0 saturated carbocycles. The Kier molecular flexibility index (Phi) is 5.82. The minimum atomic E-state index is -4.49. The first-order chi connectivity index (χ1) is 15.6. The summed E-state index contributed by atoms with van der Waals surface area (Å²) in [5.41, 5.74) is 1.49. The Balaban J connectivity index is 1.68. The maximum Gasteiger partial charge on any atom is 0.416 e. The summed E-state index contributed by atoms with van der Waals surface area (Å²) >= 11 is 0. The fourth-order valence-electron chi connectivity index (χ4n) is 4.21. The lowest BCUT2D eigenvalue weighted by atomic mass is 9.83. The number of hydrogen-bond acceptors (Lipinski definition) is 3. The number of urea groups is 1. The molecule has 0 spiro atoms. The summed E-state index contributed by atoms with van der Waals surface area (Å²) in [7, 11) is 0. The van der Waals surface area contributed by atoms with E-state index < -0.39 is 23.2 Å². The van der Waals surface area contributed by atoms with Crippen molar-refractivity contribution < 1.29 is 27.5 Å². The van der Waals surface area contributed by atoms with Gasteiger partial charge in [-0.1, -0.05) is 26.0 Å². The number of carbonyl (C=O) groups excluding carboxylic acids is 2. The molecular formula is C24H24F3N3O3. The van der Waals surface area contributed by atoms with Crippen molar-refractivity contribution in [3.8, 4) is 5.75 Å². The smallest absolute Gasteiger partial charge is 0.416 e. The van der Waals surface area contributed by atoms with Gasteiger partial charge in [0.15, 0.2) is 0 Å². The number of hydrogen-bond donors (Lipinski definition) is 3. The first-order valence-corrected chi connectivity index (χ1v) is 10.7. The number of fused-ring (bicyclic) bond motifs is 2. The van der Waals surface area contributed by atoms with Crippen LogP contribution in [-0.2, 0) is 17.5 Å². The van der Waals surface area contributed by atoms with Gasteiger partial charge >= 0.3 is 12.2 Å². The Morgan fingerprint density at radius 2 is 1.97 bits per heavy atom. The van der Waals surface area contributed by atoms with Crippen LogP contribution in [0.1, 0.15) is 49.8 Å². The monoisotopic (exact) mass is 459 g/mol. The molecule has 33 heavy (non-hydrogen) atoms. The molecule has 2 aromatic carbocycles. The summed E-state index contributed by atoms with van der Waals surface area (Å²) in [4.78, 5) is 24.5. The number of carbonyl (C=O) groups is 2. The molecule has 0 aromatic heterocycles. The first kappa shape index (κ1) is 22.7. The third-order valence-corrected chi connectivity index (χ3v) is 6.20. The SMILES string of the molecule is CCC1(CC)CC(=CC(=O)Nc2cccc3c2CNC(=O)N3)c2ccc(C(F)(F)F)cc2O1. The van der Waals surface area contributed by atoms with Crippen LogP contribution in [0.5, 0.6) is 5.75 Å². The van der Waals surface area contributed by atoms with Gasteiger partial charge in [0, 0.05) is 41.5 Å². The minimum Gasteiger partial charge on any atom is -0.486 e. The van der Waals surface area contributed by atoms with Crippen LogP contribution in [0.3, 0.4) is 0 Å². The van der Waals surface area contributed by atoms with E-state index in [2.05, 4.69) is 16.0 Å². The quantitative estimate of drug-likeness (QED) is 0.513. The predicted octanol–water partition coefficient (Wildman–Crippen LogP) is 5.70. The summed E-state index contributed by atoms with van der Waals surface area (Å²) in [6.07, 6.45) is -1.52. The number of rotatable bonds is 4. The van der Waals surface area contributed by atoms with Crippen LogP contribution in [0.2, 0.25) is 0 Å². The van der Waals surface area contributed by atoms with Crippen LogP contribution < -0.4 is 20.7 Å². The van der Waals surface area contributed by atoms with Crippen LogP contribution in [-0.4, -0.2) is 17.5 Å². The summed E-state index contributed by atoms with van der Waals surface area (Å²) in [6.45, 7) is 4.09. The third-order valence-electron chi connectivity index (χ3n) is 6.20. The maximum absolute atomic E-state index is 13.3. The Morgan fingerprint density at radius 1 is 1.21 bits per heavy atom. The second-order valence-corrected chi connectivity index (χ2v) is 8.18. The predicted molar refractivity (Wildman–Crippen MR) is 119 cm³/mol. The molecule has 0 unspecified atom stereocenters. The third kappa shape index (κ3) is 4.53. The average Bonchev–Trinajstić information content (AvgIpc) is 2.77. The van der Waals surface area contributed by atoms with Gasteiger partial charge in [-0.05, 0) is 42.7 Å². The zero-order valence-electron chi connectivity index (χ0n) is 18.2. The van der Waals surface area contributed by atoms with Gasteiger partial charge in [-0.25, -0.2) is 4.79 Å². The van der Waals surface area contributed by atoms with Gasteiger partial charge in [0.1, 0.15) is 11.4 Å². The Hall–Kier alpha value is -3.49. The van der Waals surface area contributed by atoms with Crippen molar-refractivity contribution >= 4 is 28.9 Å². The van der Waals surface area contributed by atoms with E-state index in [1.54, 1.807) is 18.2 Å². The molecule has 0 bridgehead atoms.